The smallest absolute Gasteiger partial charge is 0.345 e. The fraction of sp³-hybridized carbons (Fsp3) is 0.133. The van der Waals surface area contributed by atoms with Crippen molar-refractivity contribution in [1.29, 1.82) is 0 Å². The van der Waals surface area contributed by atoms with E-state index in [9.17, 15) is 15.0 Å². The van der Waals surface area contributed by atoms with Crippen LogP contribution in [-0.2, 0) is 11.2 Å². The van der Waals surface area contributed by atoms with Gasteiger partial charge in [-0.05, 0) is 17.7 Å². The first-order chi connectivity index (χ1) is 9.18. The standard InChI is InChI=1S/C15H14O4/c16-12-7-4-8-13(17)14(12)15(18)19-10-9-11-5-2-1-3-6-11/h1-8,16-17H,9-10H2. The van der Waals surface area contributed by atoms with Gasteiger partial charge in [0, 0.05) is 6.42 Å². The van der Waals surface area contributed by atoms with E-state index < -0.39 is 5.97 Å². The summed E-state index contributed by atoms with van der Waals surface area (Å²) in [5.74, 6) is -1.30. The van der Waals surface area contributed by atoms with Crippen molar-refractivity contribution in [3.05, 3.63) is 59.7 Å². The maximum absolute atomic E-state index is 11.7. The Morgan fingerprint density at radius 2 is 1.58 bits per heavy atom. The average molecular weight is 258 g/mol. The van der Waals surface area contributed by atoms with Crippen LogP contribution in [0.15, 0.2) is 48.5 Å². The van der Waals surface area contributed by atoms with Crippen molar-refractivity contribution in [2.75, 3.05) is 6.61 Å². The third-order valence-electron chi connectivity index (χ3n) is 2.69. The molecule has 0 unspecified atom stereocenters. The van der Waals surface area contributed by atoms with Gasteiger partial charge in [0.2, 0.25) is 0 Å². The average Bonchev–Trinajstić information content (AvgIpc) is 2.40. The van der Waals surface area contributed by atoms with Gasteiger partial charge >= 0.3 is 5.97 Å². The number of carbonyl (C=O) groups is 1. The van der Waals surface area contributed by atoms with Gasteiger partial charge in [0.25, 0.3) is 0 Å². The quantitative estimate of drug-likeness (QED) is 0.827. The number of rotatable bonds is 4. The topological polar surface area (TPSA) is 66.8 Å². The van der Waals surface area contributed by atoms with Crippen molar-refractivity contribution in [2.24, 2.45) is 0 Å². The zero-order valence-electron chi connectivity index (χ0n) is 10.2. The van der Waals surface area contributed by atoms with Crippen LogP contribution in [0.3, 0.4) is 0 Å². The lowest BCUT2D eigenvalue weighted by Crippen LogP contribution is -2.08. The molecule has 0 bridgehead atoms. The third kappa shape index (κ3) is 3.25. The van der Waals surface area contributed by atoms with Crippen LogP contribution in [-0.4, -0.2) is 22.8 Å². The van der Waals surface area contributed by atoms with E-state index in [1.807, 2.05) is 30.3 Å². The molecular weight excluding hydrogens is 244 g/mol. The SMILES string of the molecule is O=C(OCCc1ccccc1)c1c(O)cccc1O. The Labute approximate surface area is 110 Å². The summed E-state index contributed by atoms with van der Waals surface area (Å²) in [6.07, 6.45) is 0.584. The van der Waals surface area contributed by atoms with Crippen LogP contribution in [0.4, 0.5) is 0 Å². The molecule has 4 heteroatoms. The van der Waals surface area contributed by atoms with Crippen molar-refractivity contribution in [2.45, 2.75) is 6.42 Å². The number of phenols is 2. The zero-order chi connectivity index (χ0) is 13.7. The molecule has 19 heavy (non-hydrogen) atoms. The Hall–Kier alpha value is -2.49. The van der Waals surface area contributed by atoms with Gasteiger partial charge in [0.05, 0.1) is 6.61 Å². The number of hydrogen-bond donors (Lipinski definition) is 2. The molecule has 0 aliphatic heterocycles. The molecule has 0 aliphatic rings. The Morgan fingerprint density at radius 3 is 2.21 bits per heavy atom. The Morgan fingerprint density at radius 1 is 0.947 bits per heavy atom. The number of ether oxygens (including phenoxy) is 1. The van der Waals surface area contributed by atoms with Gasteiger partial charge < -0.3 is 14.9 Å². The van der Waals surface area contributed by atoms with E-state index in [-0.39, 0.29) is 23.7 Å². The Balaban J connectivity index is 1.95. The summed E-state index contributed by atoms with van der Waals surface area (Å²) in [5.41, 5.74) is 0.854. The first kappa shape index (κ1) is 13.0. The van der Waals surface area contributed by atoms with Gasteiger partial charge in [-0.2, -0.15) is 0 Å². The molecule has 98 valence electrons. The molecule has 0 aromatic heterocycles. The summed E-state index contributed by atoms with van der Waals surface area (Å²) in [6.45, 7) is 0.191. The van der Waals surface area contributed by atoms with Crippen LogP contribution in [0.5, 0.6) is 11.5 Å². The van der Waals surface area contributed by atoms with E-state index in [4.69, 9.17) is 4.74 Å². The van der Waals surface area contributed by atoms with E-state index in [1.54, 1.807) is 0 Å². The molecule has 2 aromatic rings. The molecule has 0 spiro atoms. The first-order valence-corrected chi connectivity index (χ1v) is 5.90. The molecule has 0 saturated carbocycles. The minimum atomic E-state index is -0.730. The molecule has 0 radical (unpaired) electrons. The summed E-state index contributed by atoms with van der Waals surface area (Å²) in [6, 6.07) is 13.7. The highest BCUT2D eigenvalue weighted by Gasteiger charge is 2.17. The molecule has 0 atom stereocenters. The summed E-state index contributed by atoms with van der Waals surface area (Å²) >= 11 is 0. The van der Waals surface area contributed by atoms with Crippen LogP contribution >= 0.6 is 0 Å². The molecule has 2 aromatic carbocycles. The molecule has 2 N–H and O–H groups in total. The Kier molecular flexibility index (Phi) is 4.03. The number of carbonyl (C=O) groups excluding carboxylic acids is 1. The second-order valence-electron chi connectivity index (χ2n) is 4.04. The second kappa shape index (κ2) is 5.91. The van der Waals surface area contributed by atoms with E-state index in [0.717, 1.165) is 5.56 Å². The lowest BCUT2D eigenvalue weighted by Gasteiger charge is -2.07. The monoisotopic (exact) mass is 258 g/mol. The molecule has 0 fully saturated rings. The van der Waals surface area contributed by atoms with E-state index in [0.29, 0.717) is 6.42 Å². The number of esters is 1. The van der Waals surface area contributed by atoms with Gasteiger partial charge in [0.15, 0.2) is 0 Å². The van der Waals surface area contributed by atoms with Gasteiger partial charge in [0.1, 0.15) is 17.1 Å². The second-order valence-corrected chi connectivity index (χ2v) is 4.04. The van der Waals surface area contributed by atoms with Crippen LogP contribution in [0, 0.1) is 0 Å². The normalized spacial score (nSPS) is 10.1. The number of phenolic OH excluding ortho intramolecular Hbond substituents is 2. The predicted molar refractivity (Wildman–Crippen MR) is 70.2 cm³/mol. The molecule has 0 aliphatic carbocycles. The van der Waals surface area contributed by atoms with Gasteiger partial charge in [-0.15, -0.1) is 0 Å². The maximum Gasteiger partial charge on any atom is 0.345 e. The predicted octanol–water partition coefficient (Wildman–Crippen LogP) is 2.50. The van der Waals surface area contributed by atoms with Crippen LogP contribution in [0.2, 0.25) is 0 Å². The molecule has 0 saturated heterocycles. The van der Waals surface area contributed by atoms with Crippen molar-refractivity contribution < 1.29 is 19.7 Å². The molecule has 4 nitrogen and oxygen atoms in total. The van der Waals surface area contributed by atoms with E-state index in [2.05, 4.69) is 0 Å². The van der Waals surface area contributed by atoms with Crippen LogP contribution in [0.25, 0.3) is 0 Å². The highest BCUT2D eigenvalue weighted by atomic mass is 16.5. The molecular formula is C15H14O4. The summed E-state index contributed by atoms with van der Waals surface area (Å²) < 4.78 is 5.03. The number of aromatic hydroxyl groups is 2. The summed E-state index contributed by atoms with van der Waals surface area (Å²) in [4.78, 5) is 11.7. The lowest BCUT2D eigenvalue weighted by molar-refractivity contribution is 0.0502. The minimum Gasteiger partial charge on any atom is -0.507 e. The first-order valence-electron chi connectivity index (χ1n) is 5.90. The maximum atomic E-state index is 11.7. The van der Waals surface area contributed by atoms with Crippen molar-refractivity contribution in [3.8, 4) is 11.5 Å². The number of benzene rings is 2. The largest absolute Gasteiger partial charge is 0.507 e. The summed E-state index contributed by atoms with van der Waals surface area (Å²) in [7, 11) is 0. The zero-order valence-corrected chi connectivity index (χ0v) is 10.2. The Bertz CT molecular complexity index is 543. The van der Waals surface area contributed by atoms with Gasteiger partial charge in [-0.25, -0.2) is 4.79 Å². The van der Waals surface area contributed by atoms with E-state index >= 15 is 0 Å². The number of hydrogen-bond acceptors (Lipinski definition) is 4. The highest BCUT2D eigenvalue weighted by molar-refractivity contribution is 5.95. The fourth-order valence-electron chi connectivity index (χ4n) is 1.72. The van der Waals surface area contributed by atoms with Gasteiger partial charge in [-0.1, -0.05) is 36.4 Å². The van der Waals surface area contributed by atoms with Crippen molar-refractivity contribution in [1.82, 2.24) is 0 Å². The van der Waals surface area contributed by atoms with Crippen LogP contribution < -0.4 is 0 Å². The minimum absolute atomic E-state index is 0.191. The van der Waals surface area contributed by atoms with Crippen molar-refractivity contribution >= 4 is 5.97 Å². The van der Waals surface area contributed by atoms with Crippen LogP contribution in [0.1, 0.15) is 15.9 Å². The molecule has 2 rings (SSSR count). The fourth-order valence-corrected chi connectivity index (χ4v) is 1.72. The van der Waals surface area contributed by atoms with E-state index in [1.165, 1.54) is 18.2 Å². The molecule has 0 amide bonds. The molecule has 0 heterocycles. The van der Waals surface area contributed by atoms with Crippen molar-refractivity contribution in [3.63, 3.8) is 0 Å². The van der Waals surface area contributed by atoms with Gasteiger partial charge in [-0.3, -0.25) is 0 Å². The summed E-state index contributed by atoms with van der Waals surface area (Å²) in [5, 5.41) is 19.0. The lowest BCUT2D eigenvalue weighted by atomic mass is 10.1. The third-order valence-corrected chi connectivity index (χ3v) is 2.69. The highest BCUT2D eigenvalue weighted by Crippen LogP contribution is 2.26.